The maximum absolute atomic E-state index is 11.7. The van der Waals surface area contributed by atoms with Gasteiger partial charge in [-0.15, -0.1) is 12.4 Å². The molecule has 1 fully saturated rings. The molecule has 2 rings (SSSR count). The smallest absolute Gasteiger partial charge is 0.340 e. The van der Waals surface area contributed by atoms with Gasteiger partial charge < -0.3 is 15.0 Å². The Morgan fingerprint density at radius 1 is 1.39 bits per heavy atom. The van der Waals surface area contributed by atoms with Crippen molar-refractivity contribution in [2.24, 2.45) is 0 Å². The molecule has 1 aliphatic heterocycles. The number of nitrogens with one attached hydrogen (secondary N) is 1. The Morgan fingerprint density at radius 2 is 2.06 bits per heavy atom. The summed E-state index contributed by atoms with van der Waals surface area (Å²) in [5.41, 5.74) is 1.56. The minimum atomic E-state index is -0.292. The second-order valence-electron chi connectivity index (χ2n) is 3.89. The van der Waals surface area contributed by atoms with Gasteiger partial charge in [-0.1, -0.05) is 15.9 Å². The lowest BCUT2D eigenvalue weighted by atomic mass is 10.1. The Kier molecular flexibility index (Phi) is 5.91. The first-order valence-corrected chi connectivity index (χ1v) is 6.35. The van der Waals surface area contributed by atoms with E-state index in [4.69, 9.17) is 4.74 Å². The molecule has 0 bridgehead atoms. The number of carbonyl (C=O) groups excluding carboxylic acids is 1. The zero-order valence-corrected chi connectivity index (χ0v) is 12.5. The molecule has 6 heteroatoms. The molecule has 1 N–H and O–H groups in total. The zero-order valence-electron chi connectivity index (χ0n) is 10.1. The summed E-state index contributed by atoms with van der Waals surface area (Å²) in [5, 5.41) is 3.29. The van der Waals surface area contributed by atoms with Gasteiger partial charge in [0.15, 0.2) is 0 Å². The Bertz CT molecular complexity index is 423. The zero-order chi connectivity index (χ0) is 12.3. The summed E-state index contributed by atoms with van der Waals surface area (Å²) >= 11 is 3.38. The third-order valence-corrected chi connectivity index (χ3v) is 3.31. The number of methoxy groups -OCH3 is 1. The predicted molar refractivity (Wildman–Crippen MR) is 77.8 cm³/mol. The summed E-state index contributed by atoms with van der Waals surface area (Å²) in [6.07, 6.45) is 0. The number of anilines is 1. The average Bonchev–Trinajstić information content (AvgIpc) is 2.38. The first-order valence-electron chi connectivity index (χ1n) is 5.56. The molecule has 0 unspecified atom stereocenters. The molecule has 0 aromatic heterocycles. The van der Waals surface area contributed by atoms with E-state index in [2.05, 4.69) is 26.1 Å². The number of benzene rings is 1. The molecule has 1 heterocycles. The van der Waals surface area contributed by atoms with Crippen molar-refractivity contribution in [2.75, 3.05) is 38.2 Å². The molecule has 0 saturated carbocycles. The number of piperazine rings is 1. The van der Waals surface area contributed by atoms with Gasteiger partial charge in [0.25, 0.3) is 0 Å². The molecule has 1 aliphatic rings. The SMILES string of the molecule is COC(=O)c1cc(Br)ccc1N1CCNCC1.Cl. The lowest BCUT2D eigenvalue weighted by Crippen LogP contribution is -2.44. The monoisotopic (exact) mass is 334 g/mol. The lowest BCUT2D eigenvalue weighted by Gasteiger charge is -2.30. The minimum absolute atomic E-state index is 0. The van der Waals surface area contributed by atoms with E-state index in [1.807, 2.05) is 18.2 Å². The first-order chi connectivity index (χ1) is 8.22. The van der Waals surface area contributed by atoms with Crippen LogP contribution in [-0.2, 0) is 4.74 Å². The quantitative estimate of drug-likeness (QED) is 0.840. The molecule has 1 saturated heterocycles. The Hall–Kier alpha value is -0.780. The fourth-order valence-electron chi connectivity index (χ4n) is 1.96. The number of ether oxygens (including phenoxy) is 1. The van der Waals surface area contributed by atoms with Gasteiger partial charge in [0.1, 0.15) is 0 Å². The molecule has 100 valence electrons. The van der Waals surface area contributed by atoms with Crippen LogP contribution in [0.5, 0.6) is 0 Å². The first kappa shape index (κ1) is 15.3. The van der Waals surface area contributed by atoms with Crippen LogP contribution in [0.3, 0.4) is 0 Å². The van der Waals surface area contributed by atoms with Crippen LogP contribution in [0.25, 0.3) is 0 Å². The van der Waals surface area contributed by atoms with Crippen LogP contribution >= 0.6 is 28.3 Å². The maximum atomic E-state index is 11.7. The number of halogens is 2. The van der Waals surface area contributed by atoms with Crippen LogP contribution in [0.1, 0.15) is 10.4 Å². The highest BCUT2D eigenvalue weighted by atomic mass is 79.9. The highest BCUT2D eigenvalue weighted by molar-refractivity contribution is 9.10. The van der Waals surface area contributed by atoms with Crippen molar-refractivity contribution in [3.05, 3.63) is 28.2 Å². The van der Waals surface area contributed by atoms with Gasteiger partial charge in [-0.2, -0.15) is 0 Å². The van der Waals surface area contributed by atoms with Crippen LogP contribution in [0.2, 0.25) is 0 Å². The fourth-order valence-corrected chi connectivity index (χ4v) is 2.32. The highest BCUT2D eigenvalue weighted by Gasteiger charge is 2.18. The number of nitrogens with zero attached hydrogens (tertiary/aromatic N) is 1. The van der Waals surface area contributed by atoms with Gasteiger partial charge in [0, 0.05) is 30.7 Å². The molecule has 4 nitrogen and oxygen atoms in total. The Labute approximate surface area is 121 Å². The van der Waals surface area contributed by atoms with Gasteiger partial charge in [0.05, 0.1) is 18.4 Å². The number of esters is 1. The van der Waals surface area contributed by atoms with Crippen molar-refractivity contribution >= 4 is 40.0 Å². The predicted octanol–water partition coefficient (Wildman–Crippen LogP) is 2.07. The third-order valence-electron chi connectivity index (χ3n) is 2.82. The van der Waals surface area contributed by atoms with E-state index in [9.17, 15) is 4.79 Å². The normalized spacial score (nSPS) is 14.9. The highest BCUT2D eigenvalue weighted by Crippen LogP contribution is 2.25. The molecule has 0 amide bonds. The third kappa shape index (κ3) is 3.37. The van der Waals surface area contributed by atoms with E-state index in [-0.39, 0.29) is 18.4 Å². The molecule has 0 radical (unpaired) electrons. The Balaban J connectivity index is 0.00000162. The van der Waals surface area contributed by atoms with Crippen LogP contribution in [0.4, 0.5) is 5.69 Å². The molecular weight excluding hydrogens is 320 g/mol. The van der Waals surface area contributed by atoms with Gasteiger partial charge >= 0.3 is 5.97 Å². The second-order valence-corrected chi connectivity index (χ2v) is 4.81. The molecular formula is C12H16BrClN2O2. The van der Waals surface area contributed by atoms with Gasteiger partial charge in [-0.05, 0) is 18.2 Å². The van der Waals surface area contributed by atoms with Crippen molar-refractivity contribution < 1.29 is 9.53 Å². The number of carbonyl (C=O) groups is 1. The molecule has 1 aromatic rings. The topological polar surface area (TPSA) is 41.6 Å². The van der Waals surface area contributed by atoms with Gasteiger partial charge in [0.2, 0.25) is 0 Å². The minimum Gasteiger partial charge on any atom is -0.465 e. The molecule has 0 atom stereocenters. The average molecular weight is 336 g/mol. The largest absolute Gasteiger partial charge is 0.465 e. The lowest BCUT2D eigenvalue weighted by molar-refractivity contribution is 0.0601. The van der Waals surface area contributed by atoms with Gasteiger partial charge in [-0.25, -0.2) is 4.79 Å². The van der Waals surface area contributed by atoms with Crippen LogP contribution < -0.4 is 10.2 Å². The van der Waals surface area contributed by atoms with Gasteiger partial charge in [-0.3, -0.25) is 0 Å². The number of hydrogen-bond acceptors (Lipinski definition) is 4. The van der Waals surface area contributed by atoms with Crippen LogP contribution in [0.15, 0.2) is 22.7 Å². The van der Waals surface area contributed by atoms with Crippen molar-refractivity contribution in [3.8, 4) is 0 Å². The molecule has 18 heavy (non-hydrogen) atoms. The molecule has 1 aromatic carbocycles. The van der Waals surface area contributed by atoms with Crippen molar-refractivity contribution in [1.29, 1.82) is 0 Å². The van der Waals surface area contributed by atoms with Crippen molar-refractivity contribution in [1.82, 2.24) is 5.32 Å². The van der Waals surface area contributed by atoms with Crippen molar-refractivity contribution in [3.63, 3.8) is 0 Å². The van der Waals surface area contributed by atoms with Crippen molar-refractivity contribution in [2.45, 2.75) is 0 Å². The summed E-state index contributed by atoms with van der Waals surface area (Å²) in [5.74, 6) is -0.292. The van der Waals surface area contributed by atoms with E-state index in [0.717, 1.165) is 36.3 Å². The fraction of sp³-hybridized carbons (Fsp3) is 0.417. The maximum Gasteiger partial charge on any atom is 0.340 e. The molecule has 0 aliphatic carbocycles. The molecule has 0 spiro atoms. The second kappa shape index (κ2) is 6.97. The Morgan fingerprint density at radius 3 is 2.67 bits per heavy atom. The summed E-state index contributed by atoms with van der Waals surface area (Å²) in [6, 6.07) is 5.72. The summed E-state index contributed by atoms with van der Waals surface area (Å²) in [7, 11) is 1.41. The van der Waals surface area contributed by atoms with Crippen LogP contribution in [-0.4, -0.2) is 39.3 Å². The summed E-state index contributed by atoms with van der Waals surface area (Å²) in [4.78, 5) is 13.9. The van der Waals surface area contributed by atoms with E-state index < -0.39 is 0 Å². The van der Waals surface area contributed by atoms with E-state index in [0.29, 0.717) is 5.56 Å². The summed E-state index contributed by atoms with van der Waals surface area (Å²) in [6.45, 7) is 3.70. The van der Waals surface area contributed by atoms with E-state index >= 15 is 0 Å². The summed E-state index contributed by atoms with van der Waals surface area (Å²) < 4.78 is 5.71. The van der Waals surface area contributed by atoms with Crippen LogP contribution in [0, 0.1) is 0 Å². The standard InChI is InChI=1S/C12H15BrN2O2.ClH/c1-17-12(16)10-8-9(13)2-3-11(10)15-6-4-14-5-7-15;/h2-3,8,14H,4-7H2,1H3;1H. The van der Waals surface area contributed by atoms with E-state index in [1.165, 1.54) is 7.11 Å². The van der Waals surface area contributed by atoms with E-state index in [1.54, 1.807) is 0 Å². The number of hydrogen-bond donors (Lipinski definition) is 1. The number of rotatable bonds is 2.